The van der Waals surface area contributed by atoms with Crippen molar-refractivity contribution in [3.8, 4) is 0 Å². The lowest BCUT2D eigenvalue weighted by Gasteiger charge is -2.41. The monoisotopic (exact) mass is 154 g/mol. The van der Waals surface area contributed by atoms with Crippen LogP contribution in [0.25, 0.3) is 0 Å². The number of carbonyl (C=O) groups excluding carboxylic acids is 1. The molecule has 1 unspecified atom stereocenters. The van der Waals surface area contributed by atoms with E-state index in [0.29, 0.717) is 0 Å². The molecule has 1 aliphatic heterocycles. The number of aldehydes is 1. The van der Waals surface area contributed by atoms with Crippen molar-refractivity contribution in [3.63, 3.8) is 0 Å². The maximum absolute atomic E-state index is 10.5. The molecule has 0 aromatic heterocycles. The molecular weight excluding hydrogens is 140 g/mol. The molecule has 2 fully saturated rings. The van der Waals surface area contributed by atoms with Gasteiger partial charge in [0.25, 0.3) is 0 Å². The summed E-state index contributed by atoms with van der Waals surface area (Å²) < 4.78 is 0. The van der Waals surface area contributed by atoms with Crippen LogP contribution >= 0.6 is 0 Å². The maximum atomic E-state index is 10.5. The summed E-state index contributed by atoms with van der Waals surface area (Å²) in [4.78, 5) is 10.5. The molecule has 2 atom stereocenters. The Labute approximate surface area is 66.3 Å². The zero-order chi connectivity index (χ0) is 7.90. The van der Waals surface area contributed by atoms with E-state index < -0.39 is 0 Å². The van der Waals surface area contributed by atoms with E-state index in [1.54, 1.807) is 0 Å². The Hall–Kier alpha value is -0.410. The number of carbonyl (C=O) groups is 1. The third-order valence-corrected chi connectivity index (χ3v) is 3.28. The van der Waals surface area contributed by atoms with Crippen LogP contribution in [0.4, 0.5) is 0 Å². The van der Waals surface area contributed by atoms with Gasteiger partial charge in [-0.2, -0.15) is 0 Å². The molecule has 1 saturated heterocycles. The maximum Gasteiger partial charge on any atom is 0.138 e. The van der Waals surface area contributed by atoms with Gasteiger partial charge in [-0.05, 0) is 18.3 Å². The fraction of sp³-hybridized carbons (Fsp3) is 0.875. The summed E-state index contributed by atoms with van der Waals surface area (Å²) in [5, 5.41) is 3.16. The largest absolute Gasteiger partial charge is 0.325 e. The Morgan fingerprint density at radius 3 is 2.55 bits per heavy atom. The average Bonchev–Trinajstić information content (AvgIpc) is 2.25. The molecule has 1 saturated carbocycles. The highest BCUT2D eigenvalue weighted by Crippen LogP contribution is 2.46. The standard InChI is InChI=1S/C8H14N2O/c9-7-6(4-11)10-5-8(7)2-1-3-8/h4,6-7,10H,1-3,5,9H2/t6?,7-/m0/s1. The van der Waals surface area contributed by atoms with Gasteiger partial charge in [-0.1, -0.05) is 6.42 Å². The lowest BCUT2D eigenvalue weighted by Crippen LogP contribution is -2.49. The molecule has 2 rings (SSSR count). The first kappa shape index (κ1) is 7.25. The molecule has 0 bridgehead atoms. The molecule has 2 aliphatic rings. The zero-order valence-corrected chi connectivity index (χ0v) is 6.55. The number of nitrogens with two attached hydrogens (primary N) is 1. The number of hydrogen-bond donors (Lipinski definition) is 2. The van der Waals surface area contributed by atoms with Crippen LogP contribution in [0.3, 0.4) is 0 Å². The van der Waals surface area contributed by atoms with Gasteiger partial charge in [0.1, 0.15) is 6.29 Å². The third-order valence-electron chi connectivity index (χ3n) is 3.28. The van der Waals surface area contributed by atoms with E-state index in [0.717, 1.165) is 12.8 Å². The van der Waals surface area contributed by atoms with Gasteiger partial charge in [0.2, 0.25) is 0 Å². The van der Waals surface area contributed by atoms with Gasteiger partial charge in [0.15, 0.2) is 0 Å². The molecule has 0 aromatic carbocycles. The van der Waals surface area contributed by atoms with Gasteiger partial charge in [-0.25, -0.2) is 0 Å². The highest BCUT2D eigenvalue weighted by molar-refractivity contribution is 5.60. The second-order valence-electron chi connectivity index (χ2n) is 3.78. The molecule has 0 radical (unpaired) electrons. The van der Waals surface area contributed by atoms with Crippen LogP contribution in [0.1, 0.15) is 19.3 Å². The van der Waals surface area contributed by atoms with Crippen molar-refractivity contribution in [3.05, 3.63) is 0 Å². The van der Waals surface area contributed by atoms with Gasteiger partial charge in [-0.15, -0.1) is 0 Å². The smallest absolute Gasteiger partial charge is 0.138 e. The fourth-order valence-corrected chi connectivity index (χ4v) is 2.22. The van der Waals surface area contributed by atoms with Crippen molar-refractivity contribution in [1.82, 2.24) is 5.32 Å². The Kier molecular flexibility index (Phi) is 1.51. The predicted octanol–water partition coefficient (Wildman–Crippen LogP) is -0.345. The van der Waals surface area contributed by atoms with Gasteiger partial charge in [0, 0.05) is 12.6 Å². The van der Waals surface area contributed by atoms with E-state index >= 15 is 0 Å². The van der Waals surface area contributed by atoms with Gasteiger partial charge in [-0.3, -0.25) is 0 Å². The van der Waals surface area contributed by atoms with Gasteiger partial charge in [0.05, 0.1) is 6.04 Å². The summed E-state index contributed by atoms with van der Waals surface area (Å²) >= 11 is 0. The van der Waals surface area contributed by atoms with Crippen molar-refractivity contribution in [2.45, 2.75) is 31.3 Å². The van der Waals surface area contributed by atoms with Crippen LogP contribution in [0.5, 0.6) is 0 Å². The molecular formula is C8H14N2O. The predicted molar refractivity (Wildman–Crippen MR) is 42.1 cm³/mol. The third kappa shape index (κ3) is 0.844. The van der Waals surface area contributed by atoms with E-state index in [1.807, 2.05) is 0 Å². The quantitative estimate of drug-likeness (QED) is 0.508. The van der Waals surface area contributed by atoms with Gasteiger partial charge >= 0.3 is 0 Å². The number of rotatable bonds is 1. The second kappa shape index (κ2) is 2.29. The topological polar surface area (TPSA) is 55.1 Å². The summed E-state index contributed by atoms with van der Waals surface area (Å²) in [7, 11) is 0. The van der Waals surface area contributed by atoms with Crippen molar-refractivity contribution in [2.24, 2.45) is 11.1 Å². The van der Waals surface area contributed by atoms with Crippen molar-refractivity contribution in [1.29, 1.82) is 0 Å². The van der Waals surface area contributed by atoms with E-state index in [2.05, 4.69) is 5.32 Å². The number of nitrogens with one attached hydrogen (secondary N) is 1. The van der Waals surface area contributed by atoms with Crippen molar-refractivity contribution in [2.75, 3.05) is 6.54 Å². The van der Waals surface area contributed by atoms with E-state index in [9.17, 15) is 4.79 Å². The van der Waals surface area contributed by atoms with Crippen LogP contribution in [0.2, 0.25) is 0 Å². The van der Waals surface area contributed by atoms with Gasteiger partial charge < -0.3 is 15.8 Å². The highest BCUT2D eigenvalue weighted by atomic mass is 16.1. The molecule has 0 amide bonds. The molecule has 3 heteroatoms. The van der Waals surface area contributed by atoms with Crippen LogP contribution < -0.4 is 11.1 Å². The van der Waals surface area contributed by atoms with Crippen LogP contribution in [-0.4, -0.2) is 24.9 Å². The normalized spacial score (nSPS) is 40.5. The van der Waals surface area contributed by atoms with E-state index in [-0.39, 0.29) is 17.5 Å². The highest BCUT2D eigenvalue weighted by Gasteiger charge is 2.49. The summed E-state index contributed by atoms with van der Waals surface area (Å²) in [5.74, 6) is 0. The molecule has 1 heterocycles. The second-order valence-corrected chi connectivity index (χ2v) is 3.78. The molecule has 0 aromatic rings. The zero-order valence-electron chi connectivity index (χ0n) is 6.55. The fourth-order valence-electron chi connectivity index (χ4n) is 2.22. The molecule has 62 valence electrons. The minimum atomic E-state index is -0.0877. The van der Waals surface area contributed by atoms with Crippen LogP contribution in [0, 0.1) is 5.41 Å². The Balaban J connectivity index is 2.10. The minimum Gasteiger partial charge on any atom is -0.325 e. The minimum absolute atomic E-state index is 0.0637. The van der Waals surface area contributed by atoms with E-state index in [1.165, 1.54) is 19.3 Å². The number of hydrogen-bond acceptors (Lipinski definition) is 3. The summed E-state index contributed by atoms with van der Waals surface area (Å²) in [6, 6.07) is -0.0240. The lowest BCUT2D eigenvalue weighted by molar-refractivity contribution is -0.109. The summed E-state index contributed by atoms with van der Waals surface area (Å²) in [5.41, 5.74) is 6.22. The summed E-state index contributed by atoms with van der Waals surface area (Å²) in [6.45, 7) is 0.942. The first-order chi connectivity index (χ1) is 5.28. The van der Waals surface area contributed by atoms with Crippen LogP contribution in [0.15, 0.2) is 0 Å². The first-order valence-electron chi connectivity index (χ1n) is 4.23. The van der Waals surface area contributed by atoms with E-state index in [4.69, 9.17) is 5.73 Å². The molecule has 11 heavy (non-hydrogen) atoms. The first-order valence-corrected chi connectivity index (χ1v) is 4.23. The average molecular weight is 154 g/mol. The Morgan fingerprint density at radius 1 is 1.55 bits per heavy atom. The molecule has 1 aliphatic carbocycles. The molecule has 3 nitrogen and oxygen atoms in total. The Bertz CT molecular complexity index is 177. The van der Waals surface area contributed by atoms with Crippen molar-refractivity contribution >= 4 is 6.29 Å². The molecule has 1 spiro atoms. The van der Waals surface area contributed by atoms with Crippen LogP contribution in [-0.2, 0) is 4.79 Å². The Morgan fingerprint density at radius 2 is 2.27 bits per heavy atom. The lowest BCUT2D eigenvalue weighted by atomic mass is 9.65. The molecule has 3 N–H and O–H groups in total. The SMILES string of the molecule is N[C@H]1C(C=O)NCC12CCC2. The van der Waals surface area contributed by atoms with Crippen molar-refractivity contribution < 1.29 is 4.79 Å². The summed E-state index contributed by atoms with van der Waals surface area (Å²) in [6.07, 6.45) is 4.62.